The predicted octanol–water partition coefficient (Wildman–Crippen LogP) is 4.65. The second-order valence-electron chi connectivity index (χ2n) is 7.47. The molecule has 0 saturated carbocycles. The molecule has 4 aromatic rings. The van der Waals surface area contributed by atoms with E-state index in [0.29, 0.717) is 5.56 Å². The minimum Gasteiger partial charge on any atom is -0.353 e. The molecular weight excluding hydrogens is 432 g/mol. The number of anilines is 2. The number of aryl methyl sites for hydroxylation is 1. The van der Waals surface area contributed by atoms with Crippen molar-refractivity contribution in [3.63, 3.8) is 0 Å². The summed E-state index contributed by atoms with van der Waals surface area (Å²) in [6.45, 7) is 1.80. The fraction of sp³-hybridized carbons (Fsp3) is 0.0800. The number of amides is 1. The van der Waals surface area contributed by atoms with Crippen LogP contribution in [0, 0.1) is 17.0 Å². The summed E-state index contributed by atoms with van der Waals surface area (Å²) in [5.41, 5.74) is 7.71. The number of aromatic nitrogens is 2. The van der Waals surface area contributed by atoms with Crippen LogP contribution in [0.1, 0.15) is 33.1 Å². The molecule has 0 saturated heterocycles. The van der Waals surface area contributed by atoms with Crippen molar-refractivity contribution in [2.75, 3.05) is 10.7 Å². The molecule has 4 rings (SSSR count). The van der Waals surface area contributed by atoms with Crippen molar-refractivity contribution >= 4 is 23.2 Å². The topological polar surface area (TPSA) is 122 Å². The summed E-state index contributed by atoms with van der Waals surface area (Å²) in [5, 5.41) is 15.2. The van der Waals surface area contributed by atoms with Crippen LogP contribution in [0.25, 0.3) is 0 Å². The Hall–Kier alpha value is -4.79. The van der Waals surface area contributed by atoms with Crippen LogP contribution in [0.5, 0.6) is 0 Å². The maximum atomic E-state index is 12.6. The number of nitrogens with one attached hydrogen (secondary N) is 3. The van der Waals surface area contributed by atoms with E-state index in [9.17, 15) is 14.9 Å². The van der Waals surface area contributed by atoms with Crippen molar-refractivity contribution in [1.82, 2.24) is 15.4 Å². The lowest BCUT2D eigenvalue weighted by atomic mass is 9.99. The maximum Gasteiger partial charge on any atom is 0.354 e. The molecule has 3 N–H and O–H groups in total. The van der Waals surface area contributed by atoms with Crippen molar-refractivity contribution in [2.24, 2.45) is 0 Å². The van der Waals surface area contributed by atoms with Crippen molar-refractivity contribution in [2.45, 2.75) is 13.0 Å². The molecular formula is C25H22N6O3. The standard InChI is InChI=1S/C25H22N6O3/c1-17-10-8-9-15-20(17)25(32)30-29-24-22(31(33)34)23(26-16-27-24)28-21(18-11-4-2-5-12-18)19-13-6-3-7-14-19/h2-16,21H,1H3,(H,30,32)(H2,26,27,28,29). The number of hydrazine groups is 1. The van der Waals surface area contributed by atoms with Gasteiger partial charge in [-0.2, -0.15) is 0 Å². The minimum absolute atomic E-state index is 0.0188. The number of nitro groups is 1. The molecule has 0 fully saturated rings. The fourth-order valence-corrected chi connectivity index (χ4v) is 3.55. The van der Waals surface area contributed by atoms with E-state index >= 15 is 0 Å². The Kier molecular flexibility index (Phi) is 6.73. The number of carbonyl (C=O) groups is 1. The van der Waals surface area contributed by atoms with Crippen LogP contribution >= 0.6 is 0 Å². The molecule has 0 atom stereocenters. The molecule has 0 aliphatic carbocycles. The summed E-state index contributed by atoms with van der Waals surface area (Å²) in [4.78, 5) is 32.1. The SMILES string of the molecule is Cc1ccccc1C(=O)NNc1ncnc(NC(c2ccccc2)c2ccccc2)c1[N+](=O)[O-]. The molecule has 0 aliphatic rings. The van der Waals surface area contributed by atoms with Crippen LogP contribution in [-0.2, 0) is 0 Å². The molecule has 1 aromatic heterocycles. The molecule has 0 radical (unpaired) electrons. The largest absolute Gasteiger partial charge is 0.354 e. The van der Waals surface area contributed by atoms with Crippen molar-refractivity contribution in [3.8, 4) is 0 Å². The summed E-state index contributed by atoms with van der Waals surface area (Å²) in [6.07, 6.45) is 1.20. The molecule has 0 aliphatic heterocycles. The van der Waals surface area contributed by atoms with Crippen LogP contribution in [0.15, 0.2) is 91.3 Å². The third-order valence-corrected chi connectivity index (χ3v) is 5.24. The zero-order valence-corrected chi connectivity index (χ0v) is 18.3. The van der Waals surface area contributed by atoms with Crippen molar-refractivity contribution in [3.05, 3.63) is 124 Å². The second-order valence-corrected chi connectivity index (χ2v) is 7.47. The van der Waals surface area contributed by atoms with Gasteiger partial charge in [-0.15, -0.1) is 0 Å². The summed E-state index contributed by atoms with van der Waals surface area (Å²) in [7, 11) is 0. The molecule has 0 spiro atoms. The molecule has 1 heterocycles. The first kappa shape index (κ1) is 22.4. The number of rotatable bonds is 8. The average Bonchev–Trinajstić information content (AvgIpc) is 2.87. The second kappa shape index (κ2) is 10.2. The first-order valence-electron chi connectivity index (χ1n) is 10.5. The smallest absolute Gasteiger partial charge is 0.353 e. The van der Waals surface area contributed by atoms with Crippen LogP contribution in [0.3, 0.4) is 0 Å². The van der Waals surface area contributed by atoms with Gasteiger partial charge in [-0.05, 0) is 29.7 Å². The van der Waals surface area contributed by atoms with E-state index in [1.54, 1.807) is 25.1 Å². The van der Waals surface area contributed by atoms with Gasteiger partial charge in [0.1, 0.15) is 6.33 Å². The van der Waals surface area contributed by atoms with E-state index in [0.717, 1.165) is 16.7 Å². The van der Waals surface area contributed by atoms with Gasteiger partial charge in [-0.1, -0.05) is 78.9 Å². The van der Waals surface area contributed by atoms with E-state index in [4.69, 9.17) is 0 Å². The molecule has 9 heteroatoms. The van der Waals surface area contributed by atoms with E-state index < -0.39 is 16.9 Å². The first-order chi connectivity index (χ1) is 16.5. The highest BCUT2D eigenvalue weighted by Crippen LogP contribution is 2.33. The maximum absolute atomic E-state index is 12.6. The van der Waals surface area contributed by atoms with Gasteiger partial charge in [-0.3, -0.25) is 25.8 Å². The zero-order valence-electron chi connectivity index (χ0n) is 18.3. The Morgan fingerprint density at radius 3 is 2.00 bits per heavy atom. The first-order valence-corrected chi connectivity index (χ1v) is 10.5. The van der Waals surface area contributed by atoms with Gasteiger partial charge in [0, 0.05) is 5.56 Å². The van der Waals surface area contributed by atoms with E-state index in [1.165, 1.54) is 6.33 Å². The molecule has 34 heavy (non-hydrogen) atoms. The highest BCUT2D eigenvalue weighted by atomic mass is 16.6. The summed E-state index contributed by atoms with van der Waals surface area (Å²) in [6, 6.07) is 25.7. The lowest BCUT2D eigenvalue weighted by Crippen LogP contribution is -2.31. The number of hydrogen-bond acceptors (Lipinski definition) is 7. The summed E-state index contributed by atoms with van der Waals surface area (Å²) in [5.74, 6) is -0.554. The zero-order chi connectivity index (χ0) is 23.9. The van der Waals surface area contributed by atoms with Crippen molar-refractivity contribution < 1.29 is 9.72 Å². The van der Waals surface area contributed by atoms with Gasteiger partial charge in [0.05, 0.1) is 11.0 Å². The highest BCUT2D eigenvalue weighted by molar-refractivity contribution is 5.96. The van der Waals surface area contributed by atoms with E-state index in [1.807, 2.05) is 66.7 Å². The fourth-order valence-electron chi connectivity index (χ4n) is 3.55. The molecule has 0 unspecified atom stereocenters. The highest BCUT2D eigenvalue weighted by Gasteiger charge is 2.26. The summed E-state index contributed by atoms with van der Waals surface area (Å²) >= 11 is 0. The van der Waals surface area contributed by atoms with Crippen LogP contribution in [-0.4, -0.2) is 20.8 Å². The monoisotopic (exact) mass is 454 g/mol. The number of benzene rings is 3. The normalized spacial score (nSPS) is 10.5. The van der Waals surface area contributed by atoms with E-state index in [-0.39, 0.29) is 17.3 Å². The van der Waals surface area contributed by atoms with Crippen molar-refractivity contribution in [1.29, 1.82) is 0 Å². The van der Waals surface area contributed by atoms with Crippen LogP contribution in [0.2, 0.25) is 0 Å². The Morgan fingerprint density at radius 2 is 1.41 bits per heavy atom. The third kappa shape index (κ3) is 4.99. The van der Waals surface area contributed by atoms with Gasteiger partial charge < -0.3 is 5.32 Å². The van der Waals surface area contributed by atoms with Gasteiger partial charge in [0.2, 0.25) is 11.6 Å². The molecule has 3 aromatic carbocycles. The lowest BCUT2D eigenvalue weighted by molar-refractivity contribution is -0.383. The Labute approximate surface area is 196 Å². The molecule has 170 valence electrons. The number of carbonyl (C=O) groups excluding carboxylic acids is 1. The van der Waals surface area contributed by atoms with E-state index in [2.05, 4.69) is 26.1 Å². The quantitative estimate of drug-likeness (QED) is 0.262. The van der Waals surface area contributed by atoms with Gasteiger partial charge in [0.25, 0.3) is 5.91 Å². The van der Waals surface area contributed by atoms with Crippen LogP contribution in [0.4, 0.5) is 17.3 Å². The molecule has 0 bridgehead atoms. The Balaban J connectivity index is 1.64. The molecule has 9 nitrogen and oxygen atoms in total. The Morgan fingerprint density at radius 1 is 0.853 bits per heavy atom. The average molecular weight is 454 g/mol. The molecule has 1 amide bonds. The predicted molar refractivity (Wildman–Crippen MR) is 129 cm³/mol. The van der Waals surface area contributed by atoms with Gasteiger partial charge in [-0.25, -0.2) is 9.97 Å². The van der Waals surface area contributed by atoms with Crippen LogP contribution < -0.4 is 16.2 Å². The van der Waals surface area contributed by atoms with Gasteiger partial charge >= 0.3 is 5.69 Å². The minimum atomic E-state index is -0.586. The third-order valence-electron chi connectivity index (χ3n) is 5.24. The number of hydrogen-bond donors (Lipinski definition) is 3. The van der Waals surface area contributed by atoms with Gasteiger partial charge in [0.15, 0.2) is 0 Å². The summed E-state index contributed by atoms with van der Waals surface area (Å²) < 4.78 is 0. The Bertz CT molecular complexity index is 1260. The number of nitrogens with zero attached hydrogens (tertiary/aromatic N) is 3. The lowest BCUT2D eigenvalue weighted by Gasteiger charge is -2.20.